The highest BCUT2D eigenvalue weighted by Gasteiger charge is 2.19. The summed E-state index contributed by atoms with van der Waals surface area (Å²) in [6.07, 6.45) is 0. The fourth-order valence-corrected chi connectivity index (χ4v) is 9.82. The molecule has 0 atom stereocenters. The number of para-hydroxylation sites is 3. The molecule has 0 saturated heterocycles. The molecule has 0 amide bonds. The van der Waals surface area contributed by atoms with Crippen molar-refractivity contribution in [2.45, 2.75) is 0 Å². The first-order chi connectivity index (χ1) is 28.3. The average molecular weight is 725 g/mol. The van der Waals surface area contributed by atoms with Crippen LogP contribution < -0.4 is 0 Å². The molecule has 10 aromatic carbocycles. The molecule has 0 aliphatic carbocycles. The Hall–Kier alpha value is -7.62. The van der Waals surface area contributed by atoms with Crippen molar-refractivity contribution in [3.63, 3.8) is 0 Å². The highest BCUT2D eigenvalue weighted by atomic mass is 16.3. The van der Waals surface area contributed by atoms with Crippen LogP contribution in [0.5, 0.6) is 0 Å². The minimum atomic E-state index is 0.889. The van der Waals surface area contributed by atoms with Gasteiger partial charge in [0.2, 0.25) is 0 Å². The zero-order valence-corrected chi connectivity index (χ0v) is 30.8. The lowest BCUT2D eigenvalue weighted by Gasteiger charge is -2.16. The molecular weight excluding hydrogens is 693 g/mol. The zero-order chi connectivity index (χ0) is 37.2. The smallest absolute Gasteiger partial charge is 0.135 e. The summed E-state index contributed by atoms with van der Waals surface area (Å²) < 4.78 is 11.3. The lowest BCUT2D eigenvalue weighted by Crippen LogP contribution is -1.96. The Morgan fingerprint density at radius 2 is 0.719 bits per heavy atom. The third-order valence-corrected chi connectivity index (χ3v) is 12.3. The molecule has 0 radical (unpaired) electrons. The molecule has 0 bridgehead atoms. The van der Waals surface area contributed by atoms with Crippen LogP contribution in [0.15, 0.2) is 199 Å². The van der Waals surface area contributed by atoms with Crippen molar-refractivity contribution in [1.82, 2.24) is 9.13 Å². The van der Waals surface area contributed by atoms with Gasteiger partial charge in [-0.1, -0.05) is 127 Å². The lowest BCUT2D eigenvalue weighted by atomic mass is 9.93. The standard InChI is InChI=1S/C54H32N2O/c1-2-13-38-36(12-1)37-14-3-4-18-42(37)54-43(38)19-11-23-51(54)56-49-22-10-7-17-41(49)44-30-33(24-27-50(44)56)34-25-28-52-45(31-34)46-32-35(26-29-53(46)57-52)55-47-20-8-5-15-39(47)40-16-6-9-21-48(40)55/h1-32H. The van der Waals surface area contributed by atoms with E-state index in [1.807, 2.05) is 0 Å². The molecule has 13 aromatic rings. The topological polar surface area (TPSA) is 23.0 Å². The molecule has 0 aliphatic rings. The summed E-state index contributed by atoms with van der Waals surface area (Å²) in [6.45, 7) is 0. The summed E-state index contributed by atoms with van der Waals surface area (Å²) in [5.74, 6) is 0. The molecule has 3 heteroatoms. The molecule has 0 spiro atoms. The first kappa shape index (κ1) is 30.7. The number of nitrogens with zero attached hydrogens (tertiary/aromatic N) is 2. The molecule has 3 aromatic heterocycles. The average Bonchev–Trinajstić information content (AvgIpc) is 3.93. The number of aromatic nitrogens is 2. The second kappa shape index (κ2) is 11.5. The third-order valence-electron chi connectivity index (χ3n) is 12.3. The van der Waals surface area contributed by atoms with E-state index < -0.39 is 0 Å². The van der Waals surface area contributed by atoms with E-state index in [4.69, 9.17) is 4.42 Å². The quantitative estimate of drug-likeness (QED) is 0.166. The molecule has 57 heavy (non-hydrogen) atoms. The van der Waals surface area contributed by atoms with Gasteiger partial charge in [-0.3, -0.25) is 0 Å². The van der Waals surface area contributed by atoms with E-state index in [0.717, 1.165) is 33.2 Å². The maximum absolute atomic E-state index is 6.45. The van der Waals surface area contributed by atoms with Gasteiger partial charge in [-0.25, -0.2) is 0 Å². The first-order valence-corrected chi connectivity index (χ1v) is 19.6. The Kier molecular flexibility index (Phi) is 6.16. The number of hydrogen-bond donors (Lipinski definition) is 0. The molecule has 3 heterocycles. The summed E-state index contributed by atoms with van der Waals surface area (Å²) >= 11 is 0. The Morgan fingerprint density at radius 3 is 1.37 bits per heavy atom. The van der Waals surface area contributed by atoms with Crippen molar-refractivity contribution in [2.75, 3.05) is 0 Å². The molecule has 0 N–H and O–H groups in total. The van der Waals surface area contributed by atoms with Crippen LogP contribution in [-0.2, 0) is 0 Å². The fourth-order valence-electron chi connectivity index (χ4n) is 9.82. The predicted octanol–water partition coefficient (Wildman–Crippen LogP) is 14.9. The van der Waals surface area contributed by atoms with E-state index in [1.165, 1.54) is 87.2 Å². The van der Waals surface area contributed by atoms with E-state index in [2.05, 4.69) is 203 Å². The Bertz CT molecular complexity index is 3720. The molecule has 13 rings (SSSR count). The largest absolute Gasteiger partial charge is 0.456 e. The Balaban J connectivity index is 1.01. The summed E-state index contributed by atoms with van der Waals surface area (Å²) in [7, 11) is 0. The van der Waals surface area contributed by atoms with Crippen LogP contribution in [0.4, 0.5) is 0 Å². The zero-order valence-electron chi connectivity index (χ0n) is 30.8. The number of hydrogen-bond acceptors (Lipinski definition) is 1. The molecule has 0 saturated carbocycles. The van der Waals surface area contributed by atoms with Gasteiger partial charge in [-0.05, 0) is 105 Å². The normalized spacial score (nSPS) is 12.2. The first-order valence-electron chi connectivity index (χ1n) is 19.6. The van der Waals surface area contributed by atoms with Crippen molar-refractivity contribution in [2.24, 2.45) is 0 Å². The molecule has 264 valence electrons. The fraction of sp³-hybridized carbons (Fsp3) is 0. The van der Waals surface area contributed by atoms with Crippen molar-refractivity contribution in [3.05, 3.63) is 194 Å². The monoisotopic (exact) mass is 724 g/mol. The van der Waals surface area contributed by atoms with E-state index in [9.17, 15) is 0 Å². The predicted molar refractivity (Wildman–Crippen MR) is 240 cm³/mol. The van der Waals surface area contributed by atoms with Crippen LogP contribution >= 0.6 is 0 Å². The third kappa shape index (κ3) is 4.26. The SMILES string of the molecule is c1ccc2c(c1)c1ccccc1c1c(-n3c4ccccc4c4cc(-c5ccc6oc7ccc(-n8c9ccccc9c9ccccc98)cc7c6c5)ccc43)cccc21. The maximum atomic E-state index is 6.45. The maximum Gasteiger partial charge on any atom is 0.135 e. The van der Waals surface area contributed by atoms with Gasteiger partial charge in [0, 0.05) is 43.4 Å². The van der Waals surface area contributed by atoms with Gasteiger partial charge in [0.15, 0.2) is 0 Å². The summed E-state index contributed by atoms with van der Waals surface area (Å²) in [5.41, 5.74) is 11.2. The van der Waals surface area contributed by atoms with Crippen LogP contribution in [0.2, 0.25) is 0 Å². The van der Waals surface area contributed by atoms with E-state index >= 15 is 0 Å². The van der Waals surface area contributed by atoms with Gasteiger partial charge in [0.05, 0.1) is 27.8 Å². The van der Waals surface area contributed by atoms with Crippen LogP contribution in [0.1, 0.15) is 0 Å². The number of benzene rings is 10. The molecule has 3 nitrogen and oxygen atoms in total. The molecule has 0 aliphatic heterocycles. The second-order valence-corrected chi connectivity index (χ2v) is 15.2. The van der Waals surface area contributed by atoms with Crippen molar-refractivity contribution in [3.8, 4) is 22.5 Å². The molecule has 0 unspecified atom stereocenters. The van der Waals surface area contributed by atoms with Gasteiger partial charge >= 0.3 is 0 Å². The van der Waals surface area contributed by atoms with Crippen LogP contribution in [0.25, 0.3) is 120 Å². The second-order valence-electron chi connectivity index (χ2n) is 15.2. The summed E-state index contributed by atoms with van der Waals surface area (Å²) in [4.78, 5) is 0. The van der Waals surface area contributed by atoms with Crippen molar-refractivity contribution < 1.29 is 4.42 Å². The number of furan rings is 1. The number of rotatable bonds is 3. The van der Waals surface area contributed by atoms with Crippen LogP contribution in [0, 0.1) is 0 Å². The van der Waals surface area contributed by atoms with Crippen LogP contribution in [0.3, 0.4) is 0 Å². The van der Waals surface area contributed by atoms with Crippen LogP contribution in [-0.4, -0.2) is 9.13 Å². The molecule has 0 fully saturated rings. The van der Waals surface area contributed by atoms with Gasteiger partial charge in [-0.15, -0.1) is 0 Å². The highest BCUT2D eigenvalue weighted by Crippen LogP contribution is 2.43. The van der Waals surface area contributed by atoms with Gasteiger partial charge in [0.1, 0.15) is 11.2 Å². The van der Waals surface area contributed by atoms with Crippen molar-refractivity contribution >= 4 is 97.9 Å². The minimum absolute atomic E-state index is 0.889. The molecular formula is C54H32N2O. The van der Waals surface area contributed by atoms with Gasteiger partial charge < -0.3 is 13.6 Å². The lowest BCUT2D eigenvalue weighted by molar-refractivity contribution is 0.669. The van der Waals surface area contributed by atoms with Gasteiger partial charge in [-0.2, -0.15) is 0 Å². The van der Waals surface area contributed by atoms with Crippen molar-refractivity contribution in [1.29, 1.82) is 0 Å². The summed E-state index contributed by atoms with van der Waals surface area (Å²) in [6, 6.07) is 70.8. The highest BCUT2D eigenvalue weighted by molar-refractivity contribution is 6.28. The van der Waals surface area contributed by atoms with Gasteiger partial charge in [0.25, 0.3) is 0 Å². The summed E-state index contributed by atoms with van der Waals surface area (Å²) in [5, 5.41) is 14.9. The Morgan fingerprint density at radius 1 is 0.281 bits per heavy atom. The van der Waals surface area contributed by atoms with E-state index in [1.54, 1.807) is 0 Å². The Labute approximate surface area is 326 Å². The number of fused-ring (bicyclic) bond motifs is 15. The minimum Gasteiger partial charge on any atom is -0.456 e. The van der Waals surface area contributed by atoms with E-state index in [-0.39, 0.29) is 0 Å². The van der Waals surface area contributed by atoms with E-state index in [0.29, 0.717) is 0 Å².